The maximum absolute atomic E-state index is 4.29. The van der Waals surface area contributed by atoms with E-state index in [9.17, 15) is 0 Å². The van der Waals surface area contributed by atoms with E-state index in [4.69, 9.17) is 0 Å². The molecular weight excluding hydrogens is 312 g/mol. The molecule has 0 radical (unpaired) electrons. The second kappa shape index (κ2) is 7.19. The SMILES string of the molecule is CCNc1ncnc(NCC2CCCCS2)c1Br. The summed E-state index contributed by atoms with van der Waals surface area (Å²) in [6, 6.07) is 0. The van der Waals surface area contributed by atoms with Gasteiger partial charge in [0, 0.05) is 18.3 Å². The van der Waals surface area contributed by atoms with Crippen LogP contribution in [0.25, 0.3) is 0 Å². The van der Waals surface area contributed by atoms with E-state index >= 15 is 0 Å². The largest absolute Gasteiger partial charge is 0.369 e. The van der Waals surface area contributed by atoms with Crippen LogP contribution < -0.4 is 10.6 Å². The molecule has 0 amide bonds. The van der Waals surface area contributed by atoms with Crippen molar-refractivity contribution in [3.63, 3.8) is 0 Å². The molecule has 0 aliphatic carbocycles. The van der Waals surface area contributed by atoms with Crippen molar-refractivity contribution >= 4 is 39.3 Å². The molecule has 0 bridgehead atoms. The standard InChI is InChI=1S/C12H19BrN4S/c1-2-14-11-10(13)12(17-8-16-11)15-7-9-5-3-4-6-18-9/h8-9H,2-7H2,1H3,(H2,14,15,16,17). The molecule has 1 aliphatic rings. The van der Waals surface area contributed by atoms with Gasteiger partial charge >= 0.3 is 0 Å². The van der Waals surface area contributed by atoms with Crippen molar-refractivity contribution in [1.82, 2.24) is 9.97 Å². The molecule has 1 aromatic heterocycles. The molecule has 1 fully saturated rings. The molecule has 1 atom stereocenters. The molecule has 2 heterocycles. The van der Waals surface area contributed by atoms with Gasteiger partial charge in [0.25, 0.3) is 0 Å². The summed E-state index contributed by atoms with van der Waals surface area (Å²) in [6.45, 7) is 3.89. The summed E-state index contributed by atoms with van der Waals surface area (Å²) >= 11 is 5.62. The van der Waals surface area contributed by atoms with Crippen molar-refractivity contribution in [2.75, 3.05) is 29.5 Å². The highest BCUT2D eigenvalue weighted by molar-refractivity contribution is 9.10. The lowest BCUT2D eigenvalue weighted by Crippen LogP contribution is -2.20. The van der Waals surface area contributed by atoms with E-state index in [1.165, 1.54) is 25.0 Å². The first-order valence-electron chi connectivity index (χ1n) is 6.41. The number of halogens is 1. The zero-order chi connectivity index (χ0) is 12.8. The van der Waals surface area contributed by atoms with Gasteiger partial charge < -0.3 is 10.6 Å². The Hall–Kier alpha value is -0.490. The Balaban J connectivity index is 1.93. The summed E-state index contributed by atoms with van der Waals surface area (Å²) in [6.07, 6.45) is 5.62. The molecule has 1 aliphatic heterocycles. The van der Waals surface area contributed by atoms with Gasteiger partial charge in [-0.1, -0.05) is 6.42 Å². The van der Waals surface area contributed by atoms with Crippen LogP contribution in [0.5, 0.6) is 0 Å². The number of anilines is 2. The van der Waals surface area contributed by atoms with E-state index in [-0.39, 0.29) is 0 Å². The first-order valence-corrected chi connectivity index (χ1v) is 8.25. The van der Waals surface area contributed by atoms with Gasteiger partial charge in [0.2, 0.25) is 0 Å². The number of thioether (sulfide) groups is 1. The summed E-state index contributed by atoms with van der Waals surface area (Å²) in [4.78, 5) is 8.50. The summed E-state index contributed by atoms with van der Waals surface area (Å²) in [5, 5.41) is 7.34. The van der Waals surface area contributed by atoms with Crippen LogP contribution in [0.1, 0.15) is 26.2 Å². The highest BCUT2D eigenvalue weighted by Crippen LogP contribution is 2.28. The second-order valence-electron chi connectivity index (χ2n) is 4.28. The number of rotatable bonds is 5. The van der Waals surface area contributed by atoms with Crippen LogP contribution in [-0.4, -0.2) is 34.1 Å². The Morgan fingerprint density at radius 3 is 2.78 bits per heavy atom. The van der Waals surface area contributed by atoms with Crippen LogP contribution in [0.2, 0.25) is 0 Å². The van der Waals surface area contributed by atoms with E-state index in [0.29, 0.717) is 5.25 Å². The minimum Gasteiger partial charge on any atom is -0.369 e. The zero-order valence-corrected chi connectivity index (χ0v) is 13.0. The molecule has 1 saturated heterocycles. The molecule has 1 aromatic rings. The summed E-state index contributed by atoms with van der Waals surface area (Å²) in [5.41, 5.74) is 0. The van der Waals surface area contributed by atoms with Crippen LogP contribution >= 0.6 is 27.7 Å². The second-order valence-corrected chi connectivity index (χ2v) is 6.49. The van der Waals surface area contributed by atoms with Gasteiger partial charge in [-0.15, -0.1) is 0 Å². The van der Waals surface area contributed by atoms with E-state index < -0.39 is 0 Å². The molecule has 6 heteroatoms. The average Bonchev–Trinajstić information content (AvgIpc) is 2.41. The number of hydrogen-bond acceptors (Lipinski definition) is 5. The van der Waals surface area contributed by atoms with Crippen molar-refractivity contribution in [2.24, 2.45) is 0 Å². The average molecular weight is 331 g/mol. The lowest BCUT2D eigenvalue weighted by Gasteiger charge is -2.22. The molecule has 1 unspecified atom stereocenters. The third kappa shape index (κ3) is 3.75. The van der Waals surface area contributed by atoms with E-state index in [1.54, 1.807) is 6.33 Å². The number of hydrogen-bond donors (Lipinski definition) is 2. The van der Waals surface area contributed by atoms with E-state index in [2.05, 4.69) is 55.2 Å². The summed E-state index contributed by atoms with van der Waals surface area (Å²) < 4.78 is 0.924. The maximum Gasteiger partial charge on any atom is 0.145 e. The first kappa shape index (κ1) is 13.9. The Kier molecular flexibility index (Phi) is 5.56. The van der Waals surface area contributed by atoms with Gasteiger partial charge in [-0.05, 0) is 41.4 Å². The van der Waals surface area contributed by atoms with Gasteiger partial charge in [-0.2, -0.15) is 11.8 Å². The van der Waals surface area contributed by atoms with Gasteiger partial charge in [0.05, 0.1) is 0 Å². The van der Waals surface area contributed by atoms with Gasteiger partial charge in [-0.25, -0.2) is 9.97 Å². The smallest absolute Gasteiger partial charge is 0.145 e. The third-order valence-electron chi connectivity index (χ3n) is 2.90. The molecule has 0 spiro atoms. The van der Waals surface area contributed by atoms with Crippen LogP contribution in [0.4, 0.5) is 11.6 Å². The number of aromatic nitrogens is 2. The fourth-order valence-electron chi connectivity index (χ4n) is 1.96. The molecule has 4 nitrogen and oxygen atoms in total. The maximum atomic E-state index is 4.29. The minimum atomic E-state index is 0.711. The van der Waals surface area contributed by atoms with Crippen molar-refractivity contribution in [1.29, 1.82) is 0 Å². The summed E-state index contributed by atoms with van der Waals surface area (Å²) in [5.74, 6) is 3.03. The van der Waals surface area contributed by atoms with Crippen molar-refractivity contribution in [2.45, 2.75) is 31.4 Å². The fraction of sp³-hybridized carbons (Fsp3) is 0.667. The van der Waals surface area contributed by atoms with Crippen LogP contribution in [0.3, 0.4) is 0 Å². The molecule has 0 saturated carbocycles. The minimum absolute atomic E-state index is 0.711. The van der Waals surface area contributed by atoms with Gasteiger partial charge in [0.1, 0.15) is 22.4 Å². The quantitative estimate of drug-likeness (QED) is 0.866. The Bertz CT molecular complexity index is 382. The topological polar surface area (TPSA) is 49.8 Å². The predicted octanol–water partition coefficient (Wildman–Crippen LogP) is 3.37. The van der Waals surface area contributed by atoms with Crippen molar-refractivity contribution < 1.29 is 0 Å². The third-order valence-corrected chi connectivity index (χ3v) is 5.05. The van der Waals surface area contributed by atoms with Crippen LogP contribution in [0, 0.1) is 0 Å². The Labute approximate surface area is 121 Å². The Morgan fingerprint density at radius 1 is 1.33 bits per heavy atom. The normalized spacial score (nSPS) is 19.6. The summed E-state index contributed by atoms with van der Waals surface area (Å²) in [7, 11) is 0. The number of nitrogens with zero attached hydrogens (tertiary/aromatic N) is 2. The molecular formula is C12H19BrN4S. The monoisotopic (exact) mass is 330 g/mol. The lowest BCUT2D eigenvalue weighted by atomic mass is 10.2. The first-order chi connectivity index (χ1) is 8.81. The molecule has 0 aromatic carbocycles. The van der Waals surface area contributed by atoms with E-state index in [1.807, 2.05) is 0 Å². The predicted molar refractivity (Wildman–Crippen MR) is 82.5 cm³/mol. The highest BCUT2D eigenvalue weighted by Gasteiger charge is 2.15. The molecule has 18 heavy (non-hydrogen) atoms. The van der Waals surface area contributed by atoms with E-state index in [0.717, 1.165) is 29.2 Å². The van der Waals surface area contributed by atoms with Crippen molar-refractivity contribution in [3.05, 3.63) is 10.8 Å². The molecule has 2 N–H and O–H groups in total. The Morgan fingerprint density at radius 2 is 2.11 bits per heavy atom. The molecule has 2 rings (SSSR count). The fourth-order valence-corrected chi connectivity index (χ4v) is 3.69. The van der Waals surface area contributed by atoms with Crippen molar-refractivity contribution in [3.8, 4) is 0 Å². The van der Waals surface area contributed by atoms with Gasteiger partial charge in [0.15, 0.2) is 0 Å². The van der Waals surface area contributed by atoms with Crippen LogP contribution in [0.15, 0.2) is 10.8 Å². The van der Waals surface area contributed by atoms with Crippen LogP contribution in [-0.2, 0) is 0 Å². The highest BCUT2D eigenvalue weighted by atomic mass is 79.9. The lowest BCUT2D eigenvalue weighted by molar-refractivity contribution is 0.677. The number of nitrogens with one attached hydrogen (secondary N) is 2. The molecule has 100 valence electrons. The zero-order valence-electron chi connectivity index (χ0n) is 10.6. The van der Waals surface area contributed by atoms with Gasteiger partial charge in [-0.3, -0.25) is 0 Å².